The second kappa shape index (κ2) is 10.7. The lowest BCUT2D eigenvalue weighted by atomic mass is 9.79. The molecule has 6 rings (SSSR count). The molecule has 2 N–H and O–H groups in total. The molecule has 0 unspecified atom stereocenters. The van der Waals surface area contributed by atoms with Crippen LogP contribution in [0.3, 0.4) is 0 Å². The Morgan fingerprint density at radius 1 is 0.975 bits per heavy atom. The van der Waals surface area contributed by atoms with Gasteiger partial charge >= 0.3 is 6.09 Å². The molecule has 3 fully saturated rings. The first-order chi connectivity index (χ1) is 19.3. The van der Waals surface area contributed by atoms with Crippen molar-refractivity contribution in [2.24, 2.45) is 11.8 Å². The van der Waals surface area contributed by atoms with Crippen molar-refractivity contribution in [3.63, 3.8) is 0 Å². The smallest absolute Gasteiger partial charge is 0.407 e. The van der Waals surface area contributed by atoms with Crippen LogP contribution in [0.15, 0.2) is 53.7 Å². The van der Waals surface area contributed by atoms with E-state index in [1.807, 2.05) is 42.6 Å². The SMILES string of the molecule is O=C(O)N1CC[C@@H](C(=O)N2CCC(O)(Cn3cnc4c(ccn4CC4CCC4)c3=O)CC2)[C@H](c2ccccc2)C1. The van der Waals surface area contributed by atoms with Crippen LogP contribution in [-0.2, 0) is 17.9 Å². The summed E-state index contributed by atoms with van der Waals surface area (Å²) in [6.45, 7) is 2.40. The van der Waals surface area contributed by atoms with E-state index in [1.165, 1.54) is 35.1 Å². The van der Waals surface area contributed by atoms with Crippen molar-refractivity contribution in [2.45, 2.75) is 63.1 Å². The van der Waals surface area contributed by atoms with E-state index in [-0.39, 0.29) is 36.4 Å². The molecule has 1 aliphatic carbocycles. The molecule has 40 heavy (non-hydrogen) atoms. The topological polar surface area (TPSA) is 121 Å². The number of hydrogen-bond acceptors (Lipinski definition) is 5. The molecule has 2 atom stereocenters. The van der Waals surface area contributed by atoms with Gasteiger partial charge in [-0.05, 0) is 49.7 Å². The number of aliphatic hydroxyl groups is 1. The first kappa shape index (κ1) is 26.6. The summed E-state index contributed by atoms with van der Waals surface area (Å²) < 4.78 is 3.56. The van der Waals surface area contributed by atoms with E-state index in [2.05, 4.69) is 9.55 Å². The Kier molecular flexibility index (Phi) is 7.12. The zero-order valence-corrected chi connectivity index (χ0v) is 22.7. The average Bonchev–Trinajstić information content (AvgIpc) is 3.36. The second-order valence-corrected chi connectivity index (χ2v) is 11.9. The molecule has 0 radical (unpaired) electrons. The Morgan fingerprint density at radius 3 is 2.40 bits per heavy atom. The molecule has 2 amide bonds. The van der Waals surface area contributed by atoms with Gasteiger partial charge in [-0.2, -0.15) is 0 Å². The number of amides is 2. The highest BCUT2D eigenvalue weighted by Gasteiger charge is 2.41. The molecule has 0 bridgehead atoms. The molecule has 3 aliphatic rings. The minimum atomic E-state index is -1.12. The molecule has 10 heteroatoms. The number of nitrogens with zero attached hydrogens (tertiary/aromatic N) is 5. The number of piperidine rings is 2. The number of carbonyl (C=O) groups excluding carboxylic acids is 1. The Labute approximate surface area is 232 Å². The van der Waals surface area contributed by atoms with Crippen LogP contribution in [0.5, 0.6) is 0 Å². The summed E-state index contributed by atoms with van der Waals surface area (Å²) in [5.41, 5.74) is 0.391. The van der Waals surface area contributed by atoms with Crippen LogP contribution in [0, 0.1) is 11.8 Å². The summed E-state index contributed by atoms with van der Waals surface area (Å²) >= 11 is 0. The fourth-order valence-electron chi connectivity index (χ4n) is 6.63. The summed E-state index contributed by atoms with van der Waals surface area (Å²) in [7, 11) is 0. The van der Waals surface area contributed by atoms with E-state index >= 15 is 0 Å². The van der Waals surface area contributed by atoms with Crippen LogP contribution in [0.2, 0.25) is 0 Å². The first-order valence-corrected chi connectivity index (χ1v) is 14.4. The number of hydrogen-bond donors (Lipinski definition) is 2. The van der Waals surface area contributed by atoms with Gasteiger partial charge in [0.15, 0.2) is 0 Å². The van der Waals surface area contributed by atoms with E-state index in [9.17, 15) is 24.6 Å². The fraction of sp³-hybridized carbons (Fsp3) is 0.533. The third-order valence-corrected chi connectivity index (χ3v) is 9.32. The summed E-state index contributed by atoms with van der Waals surface area (Å²) in [6, 6.07) is 11.5. The van der Waals surface area contributed by atoms with Crippen molar-refractivity contribution in [2.75, 3.05) is 26.2 Å². The second-order valence-electron chi connectivity index (χ2n) is 11.9. The van der Waals surface area contributed by atoms with Crippen molar-refractivity contribution in [3.05, 3.63) is 64.8 Å². The molecule has 1 aromatic carbocycles. The molecule has 10 nitrogen and oxygen atoms in total. The fourth-order valence-corrected chi connectivity index (χ4v) is 6.63. The minimum Gasteiger partial charge on any atom is -0.465 e. The number of rotatable bonds is 6. The minimum absolute atomic E-state index is 0.00833. The lowest BCUT2D eigenvalue weighted by molar-refractivity contribution is -0.142. The summed E-state index contributed by atoms with van der Waals surface area (Å²) in [4.78, 5) is 46.4. The normalized spacial score (nSPS) is 23.2. The van der Waals surface area contributed by atoms with Gasteiger partial charge in [-0.1, -0.05) is 36.8 Å². The average molecular weight is 548 g/mol. The van der Waals surface area contributed by atoms with Crippen LogP contribution in [0.1, 0.15) is 50.0 Å². The molecule has 2 aliphatic heterocycles. The molecule has 0 spiro atoms. The number of carboxylic acid groups (broad SMARTS) is 1. The lowest BCUT2D eigenvalue weighted by Crippen LogP contribution is -2.53. The van der Waals surface area contributed by atoms with Crippen LogP contribution in [0.25, 0.3) is 11.0 Å². The summed E-state index contributed by atoms with van der Waals surface area (Å²) in [5.74, 6) is 0.129. The number of benzene rings is 1. The Morgan fingerprint density at radius 2 is 1.73 bits per heavy atom. The van der Waals surface area contributed by atoms with Gasteiger partial charge in [-0.15, -0.1) is 0 Å². The van der Waals surface area contributed by atoms with Crippen molar-refractivity contribution >= 4 is 23.0 Å². The highest BCUT2D eigenvalue weighted by Crippen LogP contribution is 2.35. The highest BCUT2D eigenvalue weighted by atomic mass is 16.4. The van der Waals surface area contributed by atoms with E-state index in [1.54, 1.807) is 4.90 Å². The van der Waals surface area contributed by atoms with E-state index < -0.39 is 11.7 Å². The van der Waals surface area contributed by atoms with E-state index in [0.717, 1.165) is 12.1 Å². The Balaban J connectivity index is 1.12. The Hall–Kier alpha value is -3.66. The van der Waals surface area contributed by atoms with Gasteiger partial charge < -0.3 is 24.6 Å². The third-order valence-electron chi connectivity index (χ3n) is 9.32. The third kappa shape index (κ3) is 5.12. The number of fused-ring (bicyclic) bond motifs is 1. The van der Waals surface area contributed by atoms with Crippen LogP contribution < -0.4 is 5.56 Å². The summed E-state index contributed by atoms with van der Waals surface area (Å²) in [5, 5.41) is 21.5. The lowest BCUT2D eigenvalue weighted by Gasteiger charge is -2.42. The predicted molar refractivity (Wildman–Crippen MR) is 149 cm³/mol. The maximum Gasteiger partial charge on any atom is 0.407 e. The standard InChI is InChI=1S/C30H37N5O5/c36-27(23-9-14-34(29(38)39)18-25(23)22-7-2-1-3-8-22)32-15-11-30(40,12-16-32)19-35-20-31-26-24(28(35)37)10-13-33(26)17-21-5-4-6-21/h1-3,7-8,10,13,20-21,23,25,40H,4-6,9,11-12,14-19H2,(H,38,39)/t23-,25+/m1/s1. The zero-order valence-electron chi connectivity index (χ0n) is 22.7. The molecule has 1 saturated carbocycles. The van der Waals surface area contributed by atoms with Gasteiger partial charge in [0.1, 0.15) is 12.0 Å². The molecule has 3 aromatic rings. The molecular weight excluding hydrogens is 510 g/mol. The van der Waals surface area contributed by atoms with E-state index in [0.29, 0.717) is 55.8 Å². The monoisotopic (exact) mass is 547 g/mol. The van der Waals surface area contributed by atoms with Crippen LogP contribution in [0.4, 0.5) is 4.79 Å². The first-order valence-electron chi connectivity index (χ1n) is 14.4. The molecular formula is C30H37N5O5. The van der Waals surface area contributed by atoms with Gasteiger partial charge in [-0.25, -0.2) is 9.78 Å². The molecule has 4 heterocycles. The van der Waals surface area contributed by atoms with Crippen molar-refractivity contribution < 1.29 is 19.8 Å². The van der Waals surface area contributed by atoms with Crippen LogP contribution in [-0.4, -0.2) is 77.9 Å². The van der Waals surface area contributed by atoms with Gasteiger partial charge in [0, 0.05) is 50.8 Å². The number of likely N-dealkylation sites (tertiary alicyclic amines) is 2. The maximum atomic E-state index is 13.7. The predicted octanol–water partition coefficient (Wildman–Crippen LogP) is 3.14. The number of aromatic nitrogens is 3. The Bertz CT molecular complexity index is 1440. The van der Waals surface area contributed by atoms with Crippen molar-refractivity contribution in [1.82, 2.24) is 23.9 Å². The largest absolute Gasteiger partial charge is 0.465 e. The molecule has 212 valence electrons. The van der Waals surface area contributed by atoms with Crippen LogP contribution >= 0.6 is 0 Å². The molecule has 2 aromatic heterocycles. The van der Waals surface area contributed by atoms with Crippen molar-refractivity contribution in [3.8, 4) is 0 Å². The van der Waals surface area contributed by atoms with Gasteiger partial charge in [0.25, 0.3) is 5.56 Å². The van der Waals surface area contributed by atoms with Gasteiger partial charge in [0.2, 0.25) is 5.91 Å². The maximum absolute atomic E-state index is 13.7. The van der Waals surface area contributed by atoms with Crippen molar-refractivity contribution in [1.29, 1.82) is 0 Å². The quantitative estimate of drug-likeness (QED) is 0.489. The summed E-state index contributed by atoms with van der Waals surface area (Å²) in [6.07, 6.45) is 7.40. The highest BCUT2D eigenvalue weighted by molar-refractivity contribution is 5.81. The van der Waals surface area contributed by atoms with E-state index in [4.69, 9.17) is 0 Å². The zero-order chi connectivity index (χ0) is 27.9. The number of carbonyl (C=O) groups is 2. The van der Waals surface area contributed by atoms with Gasteiger partial charge in [0.05, 0.1) is 17.5 Å². The van der Waals surface area contributed by atoms with Gasteiger partial charge in [-0.3, -0.25) is 14.2 Å². The molecule has 2 saturated heterocycles.